The molecule has 0 fully saturated rings. The Hall–Kier alpha value is -1.56. The van der Waals surface area contributed by atoms with Crippen molar-refractivity contribution in [3.8, 4) is 0 Å². The van der Waals surface area contributed by atoms with E-state index in [9.17, 15) is 4.79 Å². The van der Waals surface area contributed by atoms with Gasteiger partial charge >= 0.3 is 5.97 Å². The standard InChI is InChI=1S/C6H3N3O2S/c10-6(11)4-2-1-3-5(7-4)12-9-8-3/h1-2H,(H,10,11). The topological polar surface area (TPSA) is 76.0 Å². The van der Waals surface area contributed by atoms with E-state index >= 15 is 0 Å². The lowest BCUT2D eigenvalue weighted by molar-refractivity contribution is 0.0691. The summed E-state index contributed by atoms with van der Waals surface area (Å²) in [7, 11) is 0. The van der Waals surface area contributed by atoms with Crippen LogP contribution >= 0.6 is 11.5 Å². The van der Waals surface area contributed by atoms with Crippen molar-refractivity contribution in [2.45, 2.75) is 0 Å². The van der Waals surface area contributed by atoms with Crippen molar-refractivity contribution >= 4 is 27.8 Å². The molecule has 0 aromatic carbocycles. The van der Waals surface area contributed by atoms with Crippen LogP contribution in [0.1, 0.15) is 10.5 Å². The van der Waals surface area contributed by atoms with Gasteiger partial charge in [0, 0.05) is 11.5 Å². The zero-order chi connectivity index (χ0) is 8.55. The smallest absolute Gasteiger partial charge is 0.354 e. The average Bonchev–Trinajstić information content (AvgIpc) is 2.49. The summed E-state index contributed by atoms with van der Waals surface area (Å²) in [5, 5.41) is 12.3. The molecule has 6 heteroatoms. The number of hydrogen-bond donors (Lipinski definition) is 1. The Balaban J connectivity index is 2.68. The molecule has 2 rings (SSSR count). The predicted octanol–water partition coefficient (Wildman–Crippen LogP) is 0.784. The lowest BCUT2D eigenvalue weighted by Gasteiger charge is -1.90. The number of pyridine rings is 1. The highest BCUT2D eigenvalue weighted by Gasteiger charge is 2.06. The summed E-state index contributed by atoms with van der Waals surface area (Å²) in [6, 6.07) is 3.00. The maximum absolute atomic E-state index is 10.5. The van der Waals surface area contributed by atoms with Crippen LogP contribution in [0.3, 0.4) is 0 Å². The van der Waals surface area contributed by atoms with E-state index in [1.165, 1.54) is 6.07 Å². The minimum atomic E-state index is -1.04. The van der Waals surface area contributed by atoms with E-state index in [0.717, 1.165) is 11.5 Å². The Morgan fingerprint density at radius 2 is 2.33 bits per heavy atom. The van der Waals surface area contributed by atoms with Crippen LogP contribution in [0.5, 0.6) is 0 Å². The van der Waals surface area contributed by atoms with E-state index in [2.05, 4.69) is 14.6 Å². The van der Waals surface area contributed by atoms with Gasteiger partial charge in [0.05, 0.1) is 0 Å². The van der Waals surface area contributed by atoms with E-state index in [1.54, 1.807) is 6.07 Å². The van der Waals surface area contributed by atoms with Crippen LogP contribution in [0.2, 0.25) is 0 Å². The van der Waals surface area contributed by atoms with Crippen molar-refractivity contribution in [1.82, 2.24) is 14.6 Å². The minimum absolute atomic E-state index is 0.0218. The van der Waals surface area contributed by atoms with E-state index in [-0.39, 0.29) is 5.69 Å². The molecule has 0 unspecified atom stereocenters. The van der Waals surface area contributed by atoms with Crippen molar-refractivity contribution in [2.24, 2.45) is 0 Å². The number of nitrogens with zero attached hydrogens (tertiary/aromatic N) is 3. The molecule has 60 valence electrons. The maximum atomic E-state index is 10.5. The number of carboxylic acid groups (broad SMARTS) is 1. The van der Waals surface area contributed by atoms with Gasteiger partial charge in [-0.15, -0.1) is 5.10 Å². The van der Waals surface area contributed by atoms with Gasteiger partial charge in [-0.3, -0.25) is 0 Å². The van der Waals surface area contributed by atoms with Gasteiger partial charge in [0.15, 0.2) is 4.83 Å². The average molecular weight is 181 g/mol. The molecule has 2 aromatic rings. The van der Waals surface area contributed by atoms with Crippen molar-refractivity contribution in [2.75, 3.05) is 0 Å². The number of aromatic nitrogens is 3. The Labute approximate surface area is 70.8 Å². The van der Waals surface area contributed by atoms with Crippen LogP contribution in [0.4, 0.5) is 0 Å². The maximum Gasteiger partial charge on any atom is 0.354 e. The fourth-order valence-electron chi connectivity index (χ4n) is 0.799. The molecule has 2 heterocycles. The monoisotopic (exact) mass is 181 g/mol. The Kier molecular flexibility index (Phi) is 1.47. The number of aromatic carboxylic acids is 1. The Bertz CT molecular complexity index is 439. The largest absolute Gasteiger partial charge is 0.477 e. The molecule has 0 amide bonds. The lowest BCUT2D eigenvalue weighted by Crippen LogP contribution is -1.98. The summed E-state index contributed by atoms with van der Waals surface area (Å²) in [5.74, 6) is -1.04. The third-order valence-electron chi connectivity index (χ3n) is 1.34. The zero-order valence-corrected chi connectivity index (χ0v) is 6.58. The fraction of sp³-hybridized carbons (Fsp3) is 0. The molecule has 0 saturated carbocycles. The summed E-state index contributed by atoms with van der Waals surface area (Å²) < 4.78 is 3.64. The lowest BCUT2D eigenvalue weighted by atomic mass is 10.3. The molecule has 0 atom stereocenters. The van der Waals surface area contributed by atoms with E-state index < -0.39 is 5.97 Å². The number of hydrogen-bond acceptors (Lipinski definition) is 5. The van der Waals surface area contributed by atoms with Gasteiger partial charge in [-0.1, -0.05) is 4.49 Å². The number of fused-ring (bicyclic) bond motifs is 1. The summed E-state index contributed by atoms with van der Waals surface area (Å²) in [6.45, 7) is 0. The fourth-order valence-corrected chi connectivity index (χ4v) is 1.35. The molecule has 0 aliphatic carbocycles. The van der Waals surface area contributed by atoms with Crippen LogP contribution < -0.4 is 0 Å². The predicted molar refractivity (Wildman–Crippen MR) is 42.2 cm³/mol. The molecular weight excluding hydrogens is 178 g/mol. The molecule has 0 aliphatic heterocycles. The van der Waals surface area contributed by atoms with Gasteiger partial charge in [0.1, 0.15) is 11.2 Å². The van der Waals surface area contributed by atoms with Crippen LogP contribution in [-0.4, -0.2) is 25.6 Å². The number of carbonyl (C=O) groups is 1. The van der Waals surface area contributed by atoms with E-state index in [4.69, 9.17) is 5.11 Å². The third kappa shape index (κ3) is 1.02. The summed E-state index contributed by atoms with van der Waals surface area (Å²) >= 11 is 1.08. The second kappa shape index (κ2) is 2.49. The van der Waals surface area contributed by atoms with Gasteiger partial charge in [0.2, 0.25) is 0 Å². The van der Waals surface area contributed by atoms with E-state index in [0.29, 0.717) is 10.3 Å². The zero-order valence-electron chi connectivity index (χ0n) is 5.76. The van der Waals surface area contributed by atoms with Gasteiger partial charge in [-0.05, 0) is 12.1 Å². The normalized spacial score (nSPS) is 10.3. The van der Waals surface area contributed by atoms with Crippen molar-refractivity contribution in [1.29, 1.82) is 0 Å². The van der Waals surface area contributed by atoms with Crippen LogP contribution in [0, 0.1) is 0 Å². The van der Waals surface area contributed by atoms with Crippen LogP contribution in [0.15, 0.2) is 12.1 Å². The van der Waals surface area contributed by atoms with Crippen LogP contribution in [0.25, 0.3) is 10.3 Å². The molecule has 0 radical (unpaired) electrons. The molecule has 0 spiro atoms. The first-order valence-electron chi connectivity index (χ1n) is 3.10. The molecule has 0 bridgehead atoms. The quantitative estimate of drug-likeness (QED) is 0.703. The summed E-state index contributed by atoms with van der Waals surface area (Å²) in [6.07, 6.45) is 0. The van der Waals surface area contributed by atoms with Crippen molar-refractivity contribution < 1.29 is 9.90 Å². The third-order valence-corrected chi connectivity index (χ3v) is 1.97. The number of carboxylic acids is 1. The first-order chi connectivity index (χ1) is 5.77. The molecule has 0 aliphatic rings. The van der Waals surface area contributed by atoms with Crippen LogP contribution in [-0.2, 0) is 0 Å². The first-order valence-corrected chi connectivity index (χ1v) is 3.87. The SMILES string of the molecule is O=C(O)c1ccc2nnsc2n1. The molecule has 5 nitrogen and oxygen atoms in total. The molecule has 12 heavy (non-hydrogen) atoms. The summed E-state index contributed by atoms with van der Waals surface area (Å²) in [4.78, 5) is 14.8. The first kappa shape index (κ1) is 7.11. The molecule has 1 N–H and O–H groups in total. The minimum Gasteiger partial charge on any atom is -0.477 e. The van der Waals surface area contributed by atoms with Gasteiger partial charge in [-0.25, -0.2) is 9.78 Å². The van der Waals surface area contributed by atoms with Crippen molar-refractivity contribution in [3.63, 3.8) is 0 Å². The Morgan fingerprint density at radius 1 is 1.50 bits per heavy atom. The second-order valence-corrected chi connectivity index (χ2v) is 2.83. The van der Waals surface area contributed by atoms with E-state index in [1.807, 2.05) is 0 Å². The Morgan fingerprint density at radius 3 is 3.08 bits per heavy atom. The molecular formula is C6H3N3O2S. The highest BCUT2D eigenvalue weighted by atomic mass is 32.1. The highest BCUT2D eigenvalue weighted by Crippen LogP contribution is 2.12. The highest BCUT2D eigenvalue weighted by molar-refractivity contribution is 7.12. The summed E-state index contributed by atoms with van der Waals surface area (Å²) in [5.41, 5.74) is 0.651. The van der Waals surface area contributed by atoms with Gasteiger partial charge < -0.3 is 5.11 Å². The van der Waals surface area contributed by atoms with Crippen molar-refractivity contribution in [3.05, 3.63) is 17.8 Å². The second-order valence-electron chi connectivity index (χ2n) is 2.10. The van der Waals surface area contributed by atoms with Gasteiger partial charge in [-0.2, -0.15) is 0 Å². The van der Waals surface area contributed by atoms with Gasteiger partial charge in [0.25, 0.3) is 0 Å². The number of rotatable bonds is 1. The molecule has 2 aromatic heterocycles. The molecule has 0 saturated heterocycles.